The lowest BCUT2D eigenvalue weighted by molar-refractivity contribution is 0.0946. The van der Waals surface area contributed by atoms with Crippen LogP contribution in [0.1, 0.15) is 22.3 Å². The average Bonchev–Trinajstić information content (AvgIpc) is 3.23. The summed E-state index contributed by atoms with van der Waals surface area (Å²) in [6.45, 7) is 2.87. The summed E-state index contributed by atoms with van der Waals surface area (Å²) in [5.74, 6) is 0.0616. The Morgan fingerprint density at radius 1 is 1.07 bits per heavy atom. The van der Waals surface area contributed by atoms with Gasteiger partial charge in [0, 0.05) is 36.0 Å². The molecule has 1 aliphatic heterocycles. The van der Waals surface area contributed by atoms with Crippen LogP contribution in [0.3, 0.4) is 0 Å². The zero-order valence-corrected chi connectivity index (χ0v) is 18.2. The van der Waals surface area contributed by atoms with E-state index in [1.807, 2.05) is 42.5 Å². The Hall–Kier alpha value is -2.86. The lowest BCUT2D eigenvalue weighted by Crippen LogP contribution is -2.36. The lowest BCUT2D eigenvalue weighted by atomic mass is 10.1. The molecule has 0 bridgehead atoms. The molecule has 0 aliphatic carbocycles. The van der Waals surface area contributed by atoms with E-state index in [9.17, 15) is 9.59 Å². The maximum absolute atomic E-state index is 12.8. The zero-order valence-electron chi connectivity index (χ0n) is 16.6. The molecule has 1 atom stereocenters. The first-order chi connectivity index (χ1) is 14.6. The van der Waals surface area contributed by atoms with Crippen LogP contribution in [0, 0.1) is 5.92 Å². The van der Waals surface area contributed by atoms with Crippen molar-refractivity contribution in [1.82, 2.24) is 9.88 Å². The van der Waals surface area contributed by atoms with Gasteiger partial charge < -0.3 is 14.8 Å². The summed E-state index contributed by atoms with van der Waals surface area (Å²) in [7, 11) is 0. The van der Waals surface area contributed by atoms with Crippen LogP contribution >= 0.6 is 15.9 Å². The third kappa shape index (κ3) is 4.82. The number of nitrogens with zero attached hydrogens (tertiary/aromatic N) is 2. The molecule has 1 unspecified atom stereocenters. The molecule has 1 amide bonds. The molecule has 154 valence electrons. The van der Waals surface area contributed by atoms with Crippen molar-refractivity contribution < 1.29 is 4.79 Å². The average molecular weight is 466 g/mol. The van der Waals surface area contributed by atoms with Gasteiger partial charge in [-0.15, -0.1) is 0 Å². The first-order valence-corrected chi connectivity index (χ1v) is 10.9. The summed E-state index contributed by atoms with van der Waals surface area (Å²) in [6, 6.07) is 21.4. The predicted molar refractivity (Wildman–Crippen MR) is 123 cm³/mol. The van der Waals surface area contributed by atoms with E-state index in [-0.39, 0.29) is 17.0 Å². The van der Waals surface area contributed by atoms with Gasteiger partial charge in [-0.2, -0.15) is 0 Å². The minimum absolute atomic E-state index is 0.190. The fourth-order valence-corrected chi connectivity index (χ4v) is 4.24. The first-order valence-electron chi connectivity index (χ1n) is 10.1. The van der Waals surface area contributed by atoms with Crippen molar-refractivity contribution in [2.45, 2.75) is 13.0 Å². The van der Waals surface area contributed by atoms with Crippen molar-refractivity contribution in [2.75, 3.05) is 24.5 Å². The molecule has 1 N–H and O–H groups in total. The van der Waals surface area contributed by atoms with Crippen LogP contribution in [-0.4, -0.2) is 30.1 Å². The zero-order chi connectivity index (χ0) is 20.9. The predicted octanol–water partition coefficient (Wildman–Crippen LogP) is 3.92. The first kappa shape index (κ1) is 20.4. The Morgan fingerprint density at radius 3 is 2.70 bits per heavy atom. The van der Waals surface area contributed by atoms with E-state index in [2.05, 4.69) is 38.3 Å². The van der Waals surface area contributed by atoms with Gasteiger partial charge in [0.05, 0.1) is 6.54 Å². The molecule has 1 fully saturated rings. The van der Waals surface area contributed by atoms with Gasteiger partial charge in [-0.3, -0.25) is 9.59 Å². The van der Waals surface area contributed by atoms with Crippen molar-refractivity contribution in [1.29, 1.82) is 0 Å². The molecule has 1 saturated heterocycles. The Kier molecular flexibility index (Phi) is 6.33. The topological polar surface area (TPSA) is 54.3 Å². The van der Waals surface area contributed by atoms with E-state index in [1.165, 1.54) is 5.69 Å². The minimum atomic E-state index is -0.302. The maximum Gasteiger partial charge on any atom is 0.263 e. The summed E-state index contributed by atoms with van der Waals surface area (Å²) in [5.41, 5.74) is 2.14. The number of nitrogens with one attached hydrogen (secondary N) is 1. The second-order valence-corrected chi connectivity index (χ2v) is 8.55. The number of aromatic nitrogens is 1. The number of hydrogen-bond donors (Lipinski definition) is 1. The third-order valence-corrected chi connectivity index (χ3v) is 5.96. The molecule has 1 aromatic heterocycles. The van der Waals surface area contributed by atoms with E-state index in [0.717, 1.165) is 29.5 Å². The molecule has 0 radical (unpaired) electrons. The van der Waals surface area contributed by atoms with Crippen molar-refractivity contribution in [3.8, 4) is 0 Å². The molecular formula is C24H24BrN3O2. The highest BCUT2D eigenvalue weighted by Gasteiger charge is 2.24. The molecule has 30 heavy (non-hydrogen) atoms. The van der Waals surface area contributed by atoms with Crippen molar-refractivity contribution >= 4 is 27.5 Å². The largest absolute Gasteiger partial charge is 0.371 e. The number of anilines is 1. The number of halogens is 1. The monoisotopic (exact) mass is 465 g/mol. The molecule has 0 saturated carbocycles. The van der Waals surface area contributed by atoms with Gasteiger partial charge >= 0.3 is 0 Å². The summed E-state index contributed by atoms with van der Waals surface area (Å²) in [5, 5.41) is 2.97. The maximum atomic E-state index is 12.8. The lowest BCUT2D eigenvalue weighted by Gasteiger charge is -2.19. The van der Waals surface area contributed by atoms with Gasteiger partial charge in [0.1, 0.15) is 5.56 Å². The van der Waals surface area contributed by atoms with Gasteiger partial charge in [0.25, 0.3) is 11.5 Å². The standard InChI is InChI=1S/C24H24BrN3O2/c25-20-8-4-9-21(14-20)27-13-11-19(17-27)15-26-23(29)22-10-5-12-28(24(22)30)16-18-6-2-1-3-7-18/h1-10,12,14,19H,11,13,15-17H2,(H,26,29). The molecule has 3 aromatic rings. The number of rotatable bonds is 6. The second kappa shape index (κ2) is 9.30. The Morgan fingerprint density at radius 2 is 1.90 bits per heavy atom. The van der Waals surface area contributed by atoms with E-state index in [4.69, 9.17) is 0 Å². The van der Waals surface area contributed by atoms with Crippen LogP contribution in [0.15, 0.2) is 82.2 Å². The van der Waals surface area contributed by atoms with Crippen LogP contribution in [-0.2, 0) is 6.54 Å². The summed E-state index contributed by atoms with van der Waals surface area (Å²) >= 11 is 3.52. The van der Waals surface area contributed by atoms with Crippen LogP contribution in [0.2, 0.25) is 0 Å². The highest BCUT2D eigenvalue weighted by Crippen LogP contribution is 2.25. The number of carbonyl (C=O) groups is 1. The fraction of sp³-hybridized carbons (Fsp3) is 0.250. The Balaban J connectivity index is 1.37. The van der Waals surface area contributed by atoms with Crippen LogP contribution in [0.25, 0.3) is 0 Å². The smallest absolute Gasteiger partial charge is 0.263 e. The number of carbonyl (C=O) groups excluding carboxylic acids is 1. The molecule has 2 heterocycles. The van der Waals surface area contributed by atoms with Gasteiger partial charge in [-0.25, -0.2) is 0 Å². The molecular weight excluding hydrogens is 442 g/mol. The van der Waals surface area contributed by atoms with Crippen molar-refractivity contribution in [3.05, 3.63) is 98.9 Å². The van der Waals surface area contributed by atoms with Crippen LogP contribution < -0.4 is 15.8 Å². The SMILES string of the molecule is O=C(NCC1CCN(c2cccc(Br)c2)C1)c1cccn(Cc2ccccc2)c1=O. The van der Waals surface area contributed by atoms with Gasteiger partial charge in [-0.1, -0.05) is 52.3 Å². The highest BCUT2D eigenvalue weighted by molar-refractivity contribution is 9.10. The molecule has 6 heteroatoms. The molecule has 0 spiro atoms. The fourth-order valence-electron chi connectivity index (χ4n) is 3.85. The summed E-state index contributed by atoms with van der Waals surface area (Å²) in [6.07, 6.45) is 2.73. The van der Waals surface area contributed by atoms with Gasteiger partial charge in [0.2, 0.25) is 0 Å². The Bertz CT molecular complexity index is 1080. The Labute approximate surface area is 184 Å². The van der Waals surface area contributed by atoms with Crippen LogP contribution in [0.4, 0.5) is 5.69 Å². The molecule has 5 nitrogen and oxygen atoms in total. The van der Waals surface area contributed by atoms with E-state index in [1.54, 1.807) is 22.9 Å². The normalized spacial score (nSPS) is 15.9. The summed E-state index contributed by atoms with van der Waals surface area (Å²) < 4.78 is 2.64. The molecule has 1 aliphatic rings. The van der Waals surface area contributed by atoms with Crippen molar-refractivity contribution in [3.63, 3.8) is 0 Å². The van der Waals surface area contributed by atoms with Gasteiger partial charge in [0.15, 0.2) is 0 Å². The number of pyridine rings is 1. The highest BCUT2D eigenvalue weighted by atomic mass is 79.9. The number of amides is 1. The molecule has 2 aromatic carbocycles. The minimum Gasteiger partial charge on any atom is -0.371 e. The van der Waals surface area contributed by atoms with Gasteiger partial charge in [-0.05, 0) is 48.2 Å². The molecule has 4 rings (SSSR count). The number of hydrogen-bond acceptors (Lipinski definition) is 3. The summed E-state index contributed by atoms with van der Waals surface area (Å²) in [4.78, 5) is 27.8. The van der Waals surface area contributed by atoms with Crippen LogP contribution in [0.5, 0.6) is 0 Å². The van der Waals surface area contributed by atoms with E-state index >= 15 is 0 Å². The van der Waals surface area contributed by atoms with E-state index < -0.39 is 0 Å². The third-order valence-electron chi connectivity index (χ3n) is 5.47. The number of benzene rings is 2. The van der Waals surface area contributed by atoms with Crippen molar-refractivity contribution in [2.24, 2.45) is 5.92 Å². The second-order valence-electron chi connectivity index (χ2n) is 7.63. The van der Waals surface area contributed by atoms with E-state index in [0.29, 0.717) is 19.0 Å². The quantitative estimate of drug-likeness (QED) is 0.600.